The van der Waals surface area contributed by atoms with Gasteiger partial charge in [-0.25, -0.2) is 15.0 Å². The summed E-state index contributed by atoms with van der Waals surface area (Å²) >= 11 is 0. The third-order valence-corrected chi connectivity index (χ3v) is 11.2. The van der Waals surface area contributed by atoms with Gasteiger partial charge in [-0.2, -0.15) is 0 Å². The second kappa shape index (κ2) is 10.8. The monoisotopic (exact) mass is 649 g/mol. The van der Waals surface area contributed by atoms with Crippen LogP contribution in [0.15, 0.2) is 170 Å². The van der Waals surface area contributed by atoms with Crippen LogP contribution in [-0.4, -0.2) is 15.0 Å². The summed E-state index contributed by atoms with van der Waals surface area (Å²) in [5.74, 6) is 2.30. The number of hydrogen-bond donors (Lipinski definition) is 0. The van der Waals surface area contributed by atoms with Crippen LogP contribution in [0.4, 0.5) is 0 Å². The highest BCUT2D eigenvalue weighted by Gasteiger charge is 2.50. The Hall–Kier alpha value is -6.45. The number of allylic oxidation sites excluding steroid dienone is 4. The Balaban J connectivity index is 1.10. The van der Waals surface area contributed by atoms with Gasteiger partial charge in [0, 0.05) is 17.0 Å². The maximum Gasteiger partial charge on any atom is 0.163 e. The lowest BCUT2D eigenvalue weighted by Gasteiger charge is -2.31. The summed E-state index contributed by atoms with van der Waals surface area (Å²) in [6.07, 6.45) is 9.41. The minimum Gasteiger partial charge on any atom is -0.212 e. The van der Waals surface area contributed by atoms with Crippen molar-refractivity contribution in [2.24, 2.45) is 0 Å². The van der Waals surface area contributed by atoms with Gasteiger partial charge in [0.2, 0.25) is 0 Å². The van der Waals surface area contributed by atoms with Gasteiger partial charge in [0.05, 0.1) is 5.41 Å². The first-order valence-corrected chi connectivity index (χ1v) is 17.7. The van der Waals surface area contributed by atoms with Crippen molar-refractivity contribution in [3.05, 3.63) is 198 Å². The van der Waals surface area contributed by atoms with Gasteiger partial charge in [-0.15, -0.1) is 0 Å². The van der Waals surface area contributed by atoms with E-state index in [0.717, 1.165) is 28.9 Å². The Morgan fingerprint density at radius 3 is 1.84 bits per heavy atom. The van der Waals surface area contributed by atoms with E-state index in [1.54, 1.807) is 0 Å². The minimum atomic E-state index is -0.391. The third-order valence-electron chi connectivity index (χ3n) is 11.2. The maximum atomic E-state index is 5.09. The van der Waals surface area contributed by atoms with E-state index in [2.05, 4.69) is 152 Å². The van der Waals surface area contributed by atoms with Gasteiger partial charge in [0.25, 0.3) is 0 Å². The maximum absolute atomic E-state index is 5.09. The van der Waals surface area contributed by atoms with Crippen LogP contribution in [-0.2, 0) is 5.41 Å². The molecule has 0 saturated heterocycles. The van der Waals surface area contributed by atoms with Gasteiger partial charge in [-0.1, -0.05) is 158 Å². The molecule has 1 atom stereocenters. The number of fused-ring (bicyclic) bond motifs is 7. The first-order valence-electron chi connectivity index (χ1n) is 17.7. The van der Waals surface area contributed by atoms with Crippen molar-refractivity contribution in [3.8, 4) is 45.0 Å². The Morgan fingerprint density at radius 1 is 0.451 bits per heavy atom. The van der Waals surface area contributed by atoms with E-state index in [4.69, 9.17) is 15.0 Å². The first kappa shape index (κ1) is 28.4. The average molecular weight is 650 g/mol. The second-order valence-corrected chi connectivity index (χ2v) is 13.9. The molecule has 0 saturated carbocycles. The van der Waals surface area contributed by atoms with Gasteiger partial charge in [0.1, 0.15) is 5.82 Å². The van der Waals surface area contributed by atoms with Crippen LogP contribution < -0.4 is 0 Å². The highest BCUT2D eigenvalue weighted by Crippen LogP contribution is 2.62. The van der Waals surface area contributed by atoms with E-state index in [-0.39, 0.29) is 5.92 Å². The van der Waals surface area contributed by atoms with E-state index < -0.39 is 5.41 Å². The number of aromatic nitrogens is 3. The zero-order chi connectivity index (χ0) is 33.5. The van der Waals surface area contributed by atoms with Crippen molar-refractivity contribution in [1.29, 1.82) is 0 Å². The molecule has 11 rings (SSSR count). The van der Waals surface area contributed by atoms with Gasteiger partial charge >= 0.3 is 0 Å². The van der Waals surface area contributed by atoms with Crippen molar-refractivity contribution in [1.82, 2.24) is 15.0 Å². The van der Waals surface area contributed by atoms with Crippen molar-refractivity contribution in [3.63, 3.8) is 0 Å². The van der Waals surface area contributed by atoms with E-state index in [1.807, 2.05) is 18.2 Å². The molecule has 238 valence electrons. The second-order valence-electron chi connectivity index (χ2n) is 13.9. The molecule has 3 aliphatic carbocycles. The molecule has 0 amide bonds. The molecule has 3 nitrogen and oxygen atoms in total. The molecule has 3 aliphatic rings. The Morgan fingerprint density at radius 2 is 1.08 bits per heavy atom. The summed E-state index contributed by atoms with van der Waals surface area (Å²) in [5, 5.41) is 5.35. The number of hydrogen-bond acceptors (Lipinski definition) is 3. The van der Waals surface area contributed by atoms with Gasteiger partial charge < -0.3 is 0 Å². The molecule has 1 heterocycles. The van der Waals surface area contributed by atoms with Crippen LogP contribution in [0.3, 0.4) is 0 Å². The van der Waals surface area contributed by atoms with Crippen LogP contribution in [0, 0.1) is 0 Å². The summed E-state index contributed by atoms with van der Waals surface area (Å²) in [6, 6.07) is 53.3. The molecule has 1 spiro atoms. The molecule has 3 heteroatoms. The lowest BCUT2D eigenvalue weighted by Crippen LogP contribution is -2.26. The highest BCUT2D eigenvalue weighted by atomic mass is 15.0. The smallest absolute Gasteiger partial charge is 0.163 e. The van der Waals surface area contributed by atoms with E-state index >= 15 is 0 Å². The fraction of sp³-hybridized carbons (Fsp3) is 0.0625. The van der Waals surface area contributed by atoms with Gasteiger partial charge in [-0.05, 0) is 84.6 Å². The topological polar surface area (TPSA) is 38.7 Å². The number of benzene rings is 7. The van der Waals surface area contributed by atoms with Crippen LogP contribution in [0.2, 0.25) is 0 Å². The van der Waals surface area contributed by atoms with Crippen LogP contribution in [0.5, 0.6) is 0 Å². The van der Waals surface area contributed by atoms with E-state index in [9.17, 15) is 0 Å². The normalized spacial score (nSPS) is 16.0. The van der Waals surface area contributed by atoms with E-state index in [0.29, 0.717) is 11.6 Å². The Bertz CT molecular complexity index is 2730. The molecular weight excluding hydrogens is 619 g/mol. The van der Waals surface area contributed by atoms with E-state index in [1.165, 1.54) is 60.5 Å². The molecule has 0 fully saturated rings. The molecule has 1 unspecified atom stereocenters. The molecule has 51 heavy (non-hydrogen) atoms. The predicted octanol–water partition coefficient (Wildman–Crippen LogP) is 11.5. The molecule has 0 aliphatic heterocycles. The van der Waals surface area contributed by atoms with Gasteiger partial charge in [-0.3, -0.25) is 0 Å². The first-order chi connectivity index (χ1) is 25.3. The van der Waals surface area contributed by atoms with Crippen molar-refractivity contribution in [2.45, 2.75) is 17.8 Å². The number of rotatable bonds is 4. The summed E-state index contributed by atoms with van der Waals surface area (Å²) in [6.45, 7) is 0. The van der Waals surface area contributed by atoms with Crippen molar-refractivity contribution >= 4 is 21.5 Å². The quantitative estimate of drug-likeness (QED) is 0.178. The predicted molar refractivity (Wildman–Crippen MR) is 208 cm³/mol. The fourth-order valence-electron chi connectivity index (χ4n) is 8.98. The summed E-state index contributed by atoms with van der Waals surface area (Å²) in [5.41, 5.74) is 12.0. The lowest BCUT2D eigenvalue weighted by atomic mass is 9.70. The van der Waals surface area contributed by atoms with Gasteiger partial charge in [0.15, 0.2) is 11.6 Å². The summed E-state index contributed by atoms with van der Waals surface area (Å²) < 4.78 is 0. The highest BCUT2D eigenvalue weighted by molar-refractivity contribution is 6.17. The number of nitrogens with zero attached hydrogens (tertiary/aromatic N) is 3. The van der Waals surface area contributed by atoms with Crippen molar-refractivity contribution < 1.29 is 0 Å². The standard InChI is InChI=1S/C48H31N3/c1-3-12-32(13-4-1)45-49-46(33-14-5-2-6-15-33)51-47(50-45)36-19-9-18-34(28-36)35-26-27-38-37-20-7-8-21-39(37)48(42(38)29-35)40-22-10-16-30-24-25-31-17-11-23-41(48)44(31)43(30)40/h1-14,16-29,33H,15H2. The fourth-order valence-corrected chi connectivity index (χ4v) is 8.98. The molecule has 0 bridgehead atoms. The SMILES string of the molecule is C1=CCC(c2nc(-c3ccccc3)nc(-c3cccc(-c4ccc5c(c4)C4(c6ccccc6-5)c5cccc6ccc7cccc4c7c56)c3)n2)C=C1. The molecule has 8 aromatic rings. The largest absolute Gasteiger partial charge is 0.212 e. The van der Waals surface area contributed by atoms with Crippen LogP contribution in [0.1, 0.15) is 40.4 Å². The zero-order valence-corrected chi connectivity index (χ0v) is 27.8. The van der Waals surface area contributed by atoms with Crippen LogP contribution >= 0.6 is 0 Å². The molecule has 0 radical (unpaired) electrons. The molecule has 1 aromatic heterocycles. The van der Waals surface area contributed by atoms with Crippen molar-refractivity contribution in [2.75, 3.05) is 0 Å². The minimum absolute atomic E-state index is 0.112. The molecule has 0 N–H and O–H groups in total. The molecular formula is C48H31N3. The summed E-state index contributed by atoms with van der Waals surface area (Å²) in [4.78, 5) is 15.1. The Labute approximate surface area is 296 Å². The molecule has 7 aromatic carbocycles. The lowest BCUT2D eigenvalue weighted by molar-refractivity contribution is 0.764. The van der Waals surface area contributed by atoms with Crippen LogP contribution in [0.25, 0.3) is 66.6 Å². The zero-order valence-electron chi connectivity index (χ0n) is 27.8. The average Bonchev–Trinajstić information content (AvgIpc) is 3.68. The third kappa shape index (κ3) is 4.03. The summed E-state index contributed by atoms with van der Waals surface area (Å²) in [7, 11) is 0. The Kier molecular flexibility index (Phi) is 6.00.